The molecule has 0 aliphatic rings. The summed E-state index contributed by atoms with van der Waals surface area (Å²) >= 11 is 0. The summed E-state index contributed by atoms with van der Waals surface area (Å²) in [4.78, 5) is 25.7. The largest absolute Gasteiger partial charge is 0.493 e. The van der Waals surface area contributed by atoms with Crippen LogP contribution in [0.15, 0.2) is 34.4 Å². The maximum atomic E-state index is 11.5. The van der Waals surface area contributed by atoms with Crippen LogP contribution >= 0.6 is 0 Å². The zero-order chi connectivity index (χ0) is 10.8. The van der Waals surface area contributed by atoms with Crippen LogP contribution < -0.4 is 10.3 Å². The fraction of sp³-hybridized carbons (Fsp3) is 0.111. The van der Waals surface area contributed by atoms with Crippen molar-refractivity contribution in [3.05, 3.63) is 39.7 Å². The number of hydrogen-bond acceptors (Lipinski definition) is 5. The Balaban J connectivity index is 2.91. The first-order chi connectivity index (χ1) is 7.26. The Labute approximate surface area is 84.1 Å². The lowest BCUT2D eigenvalue weighted by atomic mass is 10.4. The van der Waals surface area contributed by atoms with Crippen LogP contribution in [0.25, 0.3) is 5.65 Å². The second kappa shape index (κ2) is 3.49. The second-order valence-electron chi connectivity index (χ2n) is 2.81. The van der Waals surface area contributed by atoms with E-state index in [2.05, 4.69) is 10.2 Å². The van der Waals surface area contributed by atoms with Crippen molar-refractivity contribution < 1.29 is 4.74 Å². The van der Waals surface area contributed by atoms with Gasteiger partial charge in [-0.3, -0.25) is 9.20 Å². The van der Waals surface area contributed by atoms with E-state index in [0.29, 0.717) is 5.75 Å². The van der Waals surface area contributed by atoms with Crippen molar-refractivity contribution in [3.63, 3.8) is 0 Å². The minimum absolute atomic E-state index is 0.149. The van der Waals surface area contributed by atoms with Gasteiger partial charge >= 0.3 is 0 Å². The number of methoxy groups -OCH3 is 1. The third-order valence-corrected chi connectivity index (χ3v) is 1.96. The van der Waals surface area contributed by atoms with Crippen LogP contribution in [0.5, 0.6) is 5.75 Å². The Morgan fingerprint density at radius 3 is 3.00 bits per heavy atom. The van der Waals surface area contributed by atoms with Gasteiger partial charge in [0.05, 0.1) is 13.2 Å². The molecule has 0 fully saturated rings. The van der Waals surface area contributed by atoms with E-state index in [4.69, 9.17) is 4.74 Å². The molecule has 2 aromatic rings. The minimum Gasteiger partial charge on any atom is -0.493 e. The molecule has 0 atom stereocenters. The molecule has 0 unspecified atom stereocenters. The lowest BCUT2D eigenvalue weighted by Gasteiger charge is -2.04. The number of ether oxygens (including phenoxy) is 1. The Hall–Kier alpha value is -2.24. The predicted molar refractivity (Wildman–Crippen MR) is 53.5 cm³/mol. The molecule has 0 amide bonds. The summed E-state index contributed by atoms with van der Waals surface area (Å²) in [5, 5.41) is 2.63. The van der Waals surface area contributed by atoms with Gasteiger partial charge in [0, 0.05) is 6.20 Å². The quantitative estimate of drug-likeness (QED) is 0.688. The highest BCUT2D eigenvalue weighted by Gasteiger charge is 2.06. The molecule has 0 N–H and O–H groups in total. The van der Waals surface area contributed by atoms with E-state index < -0.39 is 0 Å². The monoisotopic (exact) mass is 205 g/mol. The first-order valence-electron chi connectivity index (χ1n) is 4.16. The van der Waals surface area contributed by atoms with Crippen molar-refractivity contribution in [1.82, 2.24) is 9.38 Å². The van der Waals surface area contributed by atoms with Crippen molar-refractivity contribution in [1.29, 1.82) is 0 Å². The summed E-state index contributed by atoms with van der Waals surface area (Å²) in [5.74, 6) is 0.268. The van der Waals surface area contributed by atoms with E-state index in [0.717, 1.165) is 6.07 Å². The summed E-state index contributed by atoms with van der Waals surface area (Å²) in [5.41, 5.74) is -0.0874. The molecule has 2 heterocycles. The number of pyridine rings is 1. The maximum Gasteiger partial charge on any atom is 0.260 e. The van der Waals surface area contributed by atoms with Crippen molar-refractivity contribution in [2.24, 2.45) is 5.18 Å². The number of rotatable bonds is 2. The van der Waals surface area contributed by atoms with Gasteiger partial charge < -0.3 is 4.74 Å². The Morgan fingerprint density at radius 1 is 1.53 bits per heavy atom. The lowest BCUT2D eigenvalue weighted by Crippen LogP contribution is -2.13. The van der Waals surface area contributed by atoms with Gasteiger partial charge in [-0.1, -0.05) is 0 Å². The Morgan fingerprint density at radius 2 is 2.33 bits per heavy atom. The lowest BCUT2D eigenvalue weighted by molar-refractivity contribution is 0.416. The molecule has 0 aliphatic heterocycles. The van der Waals surface area contributed by atoms with Gasteiger partial charge in [-0.15, -0.1) is 4.91 Å². The average Bonchev–Trinajstić information content (AvgIpc) is 2.28. The van der Waals surface area contributed by atoms with Gasteiger partial charge in [-0.2, -0.15) is 0 Å². The van der Waals surface area contributed by atoms with Gasteiger partial charge in [0.2, 0.25) is 5.82 Å². The molecule has 76 valence electrons. The highest BCUT2D eigenvalue weighted by Crippen LogP contribution is 2.17. The second-order valence-corrected chi connectivity index (χ2v) is 2.81. The van der Waals surface area contributed by atoms with E-state index in [1.165, 1.54) is 11.5 Å². The molecule has 2 rings (SSSR count). The molecule has 0 saturated carbocycles. The molecular weight excluding hydrogens is 198 g/mol. The van der Waals surface area contributed by atoms with Crippen molar-refractivity contribution in [3.8, 4) is 5.75 Å². The molecule has 6 heteroatoms. The standard InChI is InChI=1S/C9H7N3O3/c1-15-6-3-2-4-12-8(13)5-7(11-14)10-9(6)12/h2-5H,1H3. The zero-order valence-corrected chi connectivity index (χ0v) is 7.88. The number of hydrogen-bond donors (Lipinski definition) is 0. The fourth-order valence-electron chi connectivity index (χ4n) is 1.29. The Kier molecular flexibility index (Phi) is 2.17. The van der Waals surface area contributed by atoms with E-state index in [1.54, 1.807) is 18.3 Å². The average molecular weight is 205 g/mol. The summed E-state index contributed by atoms with van der Waals surface area (Å²) in [6, 6.07) is 4.37. The SMILES string of the molecule is COc1cccn2c(=O)cc(N=O)nc12. The smallest absolute Gasteiger partial charge is 0.260 e. The number of aromatic nitrogens is 2. The first-order valence-corrected chi connectivity index (χ1v) is 4.16. The van der Waals surface area contributed by atoms with Gasteiger partial charge in [0.1, 0.15) is 0 Å². The third-order valence-electron chi connectivity index (χ3n) is 1.96. The van der Waals surface area contributed by atoms with Crippen molar-refractivity contribution in [2.75, 3.05) is 7.11 Å². The Bertz CT molecular complexity index is 576. The van der Waals surface area contributed by atoms with Gasteiger partial charge in [-0.05, 0) is 17.3 Å². The van der Waals surface area contributed by atoms with Crippen LogP contribution in [0.4, 0.5) is 5.82 Å². The van der Waals surface area contributed by atoms with Gasteiger partial charge in [-0.25, -0.2) is 4.98 Å². The van der Waals surface area contributed by atoms with Gasteiger partial charge in [0.25, 0.3) is 5.56 Å². The molecule has 2 aromatic heterocycles. The summed E-state index contributed by atoms with van der Waals surface area (Å²) < 4.78 is 6.30. The van der Waals surface area contributed by atoms with Crippen LogP contribution in [0.3, 0.4) is 0 Å². The first kappa shape index (κ1) is 9.32. The summed E-state index contributed by atoms with van der Waals surface area (Å²) in [6.45, 7) is 0. The predicted octanol–water partition coefficient (Wildman–Crippen LogP) is 1.10. The molecule has 0 saturated heterocycles. The molecular formula is C9H7N3O3. The maximum absolute atomic E-state index is 11.5. The summed E-state index contributed by atoms with van der Waals surface area (Å²) in [7, 11) is 1.46. The number of fused-ring (bicyclic) bond motifs is 1. The van der Waals surface area contributed by atoms with Crippen LogP contribution in [-0.2, 0) is 0 Å². The molecule has 6 nitrogen and oxygen atoms in total. The van der Waals surface area contributed by atoms with E-state index in [1.807, 2.05) is 0 Å². The molecule has 0 bridgehead atoms. The number of nitroso groups, excluding NO2 is 1. The van der Waals surface area contributed by atoms with Crippen LogP contribution in [0, 0.1) is 4.91 Å². The summed E-state index contributed by atoms with van der Waals surface area (Å²) in [6.07, 6.45) is 1.54. The van der Waals surface area contributed by atoms with E-state index in [9.17, 15) is 9.70 Å². The van der Waals surface area contributed by atoms with Crippen LogP contribution in [0.1, 0.15) is 0 Å². The van der Waals surface area contributed by atoms with Crippen LogP contribution in [0.2, 0.25) is 0 Å². The zero-order valence-electron chi connectivity index (χ0n) is 7.88. The van der Waals surface area contributed by atoms with Crippen molar-refractivity contribution >= 4 is 11.5 Å². The minimum atomic E-state index is -0.367. The molecule has 0 aliphatic carbocycles. The molecule has 0 aromatic carbocycles. The highest BCUT2D eigenvalue weighted by atomic mass is 16.5. The third kappa shape index (κ3) is 1.45. The van der Waals surface area contributed by atoms with E-state index >= 15 is 0 Å². The van der Waals surface area contributed by atoms with Crippen molar-refractivity contribution in [2.45, 2.75) is 0 Å². The fourth-order valence-corrected chi connectivity index (χ4v) is 1.29. The van der Waals surface area contributed by atoms with E-state index in [-0.39, 0.29) is 17.0 Å². The molecule has 0 spiro atoms. The molecule has 15 heavy (non-hydrogen) atoms. The van der Waals surface area contributed by atoms with Gasteiger partial charge in [0.15, 0.2) is 11.4 Å². The molecule has 0 radical (unpaired) electrons. The normalized spacial score (nSPS) is 10.2. The topological polar surface area (TPSA) is 73.0 Å². The highest BCUT2D eigenvalue weighted by molar-refractivity contribution is 5.55. The van der Waals surface area contributed by atoms with Crippen LogP contribution in [-0.4, -0.2) is 16.5 Å². The number of nitrogens with zero attached hydrogens (tertiary/aromatic N) is 3.